The number of anilines is 1. The minimum Gasteiger partial charge on any atom is -0.545 e. The molecular formula is C18H9ClN3O4S2-. The van der Waals surface area contributed by atoms with Gasteiger partial charge in [-0.05, 0) is 42.1 Å². The minimum absolute atomic E-state index is 0.0509. The summed E-state index contributed by atoms with van der Waals surface area (Å²) in [6.07, 6.45) is 3.07. The molecule has 0 bridgehead atoms. The van der Waals surface area contributed by atoms with Crippen molar-refractivity contribution in [3.8, 4) is 11.3 Å². The molecular weight excluding hydrogens is 422 g/mol. The molecule has 1 saturated heterocycles. The van der Waals surface area contributed by atoms with Crippen molar-refractivity contribution in [2.45, 2.75) is 0 Å². The Hall–Kier alpha value is -2.88. The molecule has 2 aromatic heterocycles. The van der Waals surface area contributed by atoms with E-state index in [1.54, 1.807) is 29.8 Å². The Balaban J connectivity index is 1.65. The van der Waals surface area contributed by atoms with Gasteiger partial charge in [0.25, 0.3) is 5.91 Å². The van der Waals surface area contributed by atoms with E-state index in [0.29, 0.717) is 27.1 Å². The number of aromatic carboxylic acids is 1. The molecule has 7 nitrogen and oxygen atoms in total. The third kappa shape index (κ3) is 3.35. The fourth-order valence-corrected chi connectivity index (χ4v) is 4.29. The summed E-state index contributed by atoms with van der Waals surface area (Å²) in [5.41, 5.74) is 0.223. The standard InChI is InChI=1S/C18H10ClN3O4S2/c19-9-1-3-11(12(7-9)16(24)25)13-4-2-10(26-13)8-14-15(23)22(17(20)28-14)18-21-5-6-27-18/h1-8,20H,(H,24,25)/p-1. The van der Waals surface area contributed by atoms with E-state index in [1.165, 1.54) is 34.4 Å². The quantitative estimate of drug-likeness (QED) is 0.634. The van der Waals surface area contributed by atoms with Gasteiger partial charge < -0.3 is 14.3 Å². The number of amides is 1. The van der Waals surface area contributed by atoms with E-state index in [-0.39, 0.29) is 21.7 Å². The van der Waals surface area contributed by atoms with Crippen molar-refractivity contribution in [1.29, 1.82) is 5.41 Å². The maximum atomic E-state index is 12.6. The summed E-state index contributed by atoms with van der Waals surface area (Å²) in [6, 6.07) is 7.57. The molecule has 3 heterocycles. The Kier molecular flexibility index (Phi) is 4.80. The second-order valence-corrected chi connectivity index (χ2v) is 7.89. The molecule has 10 heteroatoms. The van der Waals surface area contributed by atoms with Gasteiger partial charge in [-0.3, -0.25) is 10.2 Å². The molecule has 1 aliphatic rings. The molecule has 140 valence electrons. The van der Waals surface area contributed by atoms with E-state index in [1.807, 2.05) is 0 Å². The predicted octanol–water partition coefficient (Wildman–Crippen LogP) is 3.48. The first-order chi connectivity index (χ1) is 13.4. The van der Waals surface area contributed by atoms with Crippen molar-refractivity contribution in [1.82, 2.24) is 4.98 Å². The number of thioether (sulfide) groups is 1. The average Bonchev–Trinajstić information content (AvgIpc) is 3.37. The van der Waals surface area contributed by atoms with Gasteiger partial charge in [0.2, 0.25) is 0 Å². The van der Waals surface area contributed by atoms with Crippen molar-refractivity contribution < 1.29 is 19.1 Å². The Morgan fingerprint density at radius 3 is 2.86 bits per heavy atom. The number of hydrogen-bond donors (Lipinski definition) is 1. The van der Waals surface area contributed by atoms with Gasteiger partial charge in [-0.2, -0.15) is 0 Å². The van der Waals surface area contributed by atoms with Crippen LogP contribution in [-0.2, 0) is 4.79 Å². The second kappa shape index (κ2) is 7.27. The molecule has 1 fully saturated rings. The van der Waals surface area contributed by atoms with Gasteiger partial charge in [0, 0.05) is 33.8 Å². The predicted molar refractivity (Wildman–Crippen MR) is 106 cm³/mol. The second-order valence-electron chi connectivity index (χ2n) is 5.55. The highest BCUT2D eigenvalue weighted by molar-refractivity contribution is 8.19. The van der Waals surface area contributed by atoms with Gasteiger partial charge in [-0.25, -0.2) is 9.88 Å². The summed E-state index contributed by atoms with van der Waals surface area (Å²) in [4.78, 5) is 29.5. The smallest absolute Gasteiger partial charge is 0.273 e. The molecule has 1 N–H and O–H groups in total. The number of halogens is 1. The number of nitrogens with zero attached hydrogens (tertiary/aromatic N) is 2. The molecule has 4 rings (SSSR count). The lowest BCUT2D eigenvalue weighted by atomic mass is 10.1. The molecule has 0 saturated carbocycles. The number of hydrogen-bond acceptors (Lipinski definition) is 8. The van der Waals surface area contributed by atoms with Crippen LogP contribution in [0.4, 0.5) is 5.13 Å². The largest absolute Gasteiger partial charge is 0.545 e. The molecule has 0 spiro atoms. The van der Waals surface area contributed by atoms with E-state index >= 15 is 0 Å². The lowest BCUT2D eigenvalue weighted by Crippen LogP contribution is -2.27. The van der Waals surface area contributed by atoms with Crippen molar-refractivity contribution >= 4 is 63.0 Å². The number of rotatable bonds is 4. The normalized spacial score (nSPS) is 15.6. The third-order valence-corrected chi connectivity index (χ3v) is 5.68. The number of benzene rings is 1. The maximum absolute atomic E-state index is 12.6. The first kappa shape index (κ1) is 18.5. The Bertz CT molecular complexity index is 1140. The zero-order chi connectivity index (χ0) is 19.8. The van der Waals surface area contributed by atoms with E-state index in [2.05, 4.69) is 4.98 Å². The first-order valence-electron chi connectivity index (χ1n) is 7.77. The van der Waals surface area contributed by atoms with E-state index in [9.17, 15) is 14.7 Å². The maximum Gasteiger partial charge on any atom is 0.273 e. The van der Waals surface area contributed by atoms with Gasteiger partial charge >= 0.3 is 0 Å². The molecule has 1 aromatic carbocycles. The van der Waals surface area contributed by atoms with Gasteiger partial charge in [0.1, 0.15) is 11.5 Å². The van der Waals surface area contributed by atoms with Crippen LogP contribution in [0, 0.1) is 5.41 Å². The average molecular weight is 431 g/mol. The SMILES string of the molecule is N=C1SC(=Cc2ccc(-c3ccc(Cl)cc3C(=O)[O-])o2)C(=O)N1c1nccs1. The van der Waals surface area contributed by atoms with Crippen molar-refractivity contribution in [3.05, 3.63) is 63.2 Å². The summed E-state index contributed by atoms with van der Waals surface area (Å²) in [5, 5.41) is 21.8. The van der Waals surface area contributed by atoms with E-state index in [0.717, 1.165) is 11.8 Å². The third-order valence-electron chi connectivity index (χ3n) is 3.80. The molecule has 0 unspecified atom stereocenters. The van der Waals surface area contributed by atoms with Crippen molar-refractivity contribution in [2.75, 3.05) is 4.90 Å². The van der Waals surface area contributed by atoms with Crippen molar-refractivity contribution in [2.24, 2.45) is 0 Å². The summed E-state index contributed by atoms with van der Waals surface area (Å²) in [6.45, 7) is 0. The monoisotopic (exact) mass is 430 g/mol. The highest BCUT2D eigenvalue weighted by atomic mass is 35.5. The van der Waals surface area contributed by atoms with Gasteiger partial charge in [-0.15, -0.1) is 11.3 Å². The molecule has 0 aliphatic carbocycles. The fourth-order valence-electron chi connectivity index (χ4n) is 2.59. The molecule has 1 aliphatic heterocycles. The highest BCUT2D eigenvalue weighted by Crippen LogP contribution is 2.36. The van der Waals surface area contributed by atoms with Crippen LogP contribution in [0.5, 0.6) is 0 Å². The Morgan fingerprint density at radius 2 is 2.14 bits per heavy atom. The summed E-state index contributed by atoms with van der Waals surface area (Å²) >= 11 is 8.11. The van der Waals surface area contributed by atoms with Crippen LogP contribution in [0.15, 0.2) is 51.2 Å². The number of nitrogens with one attached hydrogen (secondary N) is 1. The van der Waals surface area contributed by atoms with Crippen molar-refractivity contribution in [3.63, 3.8) is 0 Å². The fraction of sp³-hybridized carbons (Fsp3) is 0. The number of carboxylic acid groups (broad SMARTS) is 1. The molecule has 3 aromatic rings. The Morgan fingerprint density at radius 1 is 1.32 bits per heavy atom. The zero-order valence-corrected chi connectivity index (χ0v) is 16.2. The lowest BCUT2D eigenvalue weighted by Gasteiger charge is -2.09. The molecule has 0 radical (unpaired) electrons. The van der Waals surface area contributed by atoms with E-state index in [4.69, 9.17) is 21.4 Å². The molecule has 1 amide bonds. The number of amidine groups is 1. The van der Waals surface area contributed by atoms with Gasteiger partial charge in [0.05, 0.1) is 10.9 Å². The number of furan rings is 1. The summed E-state index contributed by atoms with van der Waals surface area (Å²) in [5.74, 6) is -1.10. The Labute approximate surface area is 171 Å². The van der Waals surface area contributed by atoms with Crippen LogP contribution in [0.3, 0.4) is 0 Å². The number of carbonyl (C=O) groups excluding carboxylic acids is 2. The van der Waals surface area contributed by atoms with Gasteiger partial charge in [-0.1, -0.05) is 11.6 Å². The van der Waals surface area contributed by atoms with Crippen LogP contribution in [0.2, 0.25) is 5.02 Å². The number of carbonyl (C=O) groups is 2. The summed E-state index contributed by atoms with van der Waals surface area (Å²) in [7, 11) is 0. The molecule has 28 heavy (non-hydrogen) atoms. The summed E-state index contributed by atoms with van der Waals surface area (Å²) < 4.78 is 5.69. The number of carboxylic acids is 1. The molecule has 0 atom stereocenters. The highest BCUT2D eigenvalue weighted by Gasteiger charge is 2.35. The van der Waals surface area contributed by atoms with Gasteiger partial charge in [0.15, 0.2) is 10.3 Å². The zero-order valence-electron chi connectivity index (χ0n) is 13.8. The lowest BCUT2D eigenvalue weighted by molar-refractivity contribution is -0.254. The minimum atomic E-state index is -1.37. The topological polar surface area (TPSA) is 110 Å². The van der Waals surface area contributed by atoms with Crippen LogP contribution < -0.4 is 10.0 Å². The van der Waals surface area contributed by atoms with Crippen LogP contribution in [-0.4, -0.2) is 22.0 Å². The first-order valence-corrected chi connectivity index (χ1v) is 9.84. The number of aromatic nitrogens is 1. The number of thiazole rings is 1. The van der Waals surface area contributed by atoms with Crippen LogP contribution >= 0.6 is 34.7 Å². The van der Waals surface area contributed by atoms with Crippen LogP contribution in [0.25, 0.3) is 17.4 Å². The van der Waals surface area contributed by atoms with E-state index < -0.39 is 5.97 Å². The van der Waals surface area contributed by atoms with Crippen LogP contribution in [0.1, 0.15) is 16.1 Å².